The average molecular weight is 270 g/mol. The summed E-state index contributed by atoms with van der Waals surface area (Å²) in [5.41, 5.74) is -0.480. The number of ether oxygens (including phenoxy) is 2. The third kappa shape index (κ3) is 2.93. The quantitative estimate of drug-likeness (QED) is 0.765. The molecule has 1 saturated heterocycles. The van der Waals surface area contributed by atoms with Gasteiger partial charge in [-0.3, -0.25) is 9.69 Å². The van der Waals surface area contributed by atoms with E-state index in [1.165, 1.54) is 7.11 Å². The number of rotatable bonds is 4. The Labute approximate surface area is 115 Å². The van der Waals surface area contributed by atoms with Crippen molar-refractivity contribution in [1.82, 2.24) is 10.2 Å². The normalized spacial score (nSPS) is 36.4. The zero-order valence-electron chi connectivity index (χ0n) is 12.3. The number of hydrogen-bond acceptors (Lipinski definition) is 5. The Morgan fingerprint density at radius 1 is 1.58 bits per heavy atom. The molecule has 3 unspecified atom stereocenters. The van der Waals surface area contributed by atoms with Crippen LogP contribution < -0.4 is 5.32 Å². The Kier molecular flexibility index (Phi) is 4.81. The highest BCUT2D eigenvalue weighted by Gasteiger charge is 2.48. The van der Waals surface area contributed by atoms with Gasteiger partial charge in [0.25, 0.3) is 0 Å². The summed E-state index contributed by atoms with van der Waals surface area (Å²) < 4.78 is 10.5. The van der Waals surface area contributed by atoms with Crippen molar-refractivity contribution in [3.8, 4) is 0 Å². The van der Waals surface area contributed by atoms with Gasteiger partial charge in [-0.15, -0.1) is 0 Å². The van der Waals surface area contributed by atoms with Crippen molar-refractivity contribution in [2.24, 2.45) is 0 Å². The number of morpholine rings is 1. The summed E-state index contributed by atoms with van der Waals surface area (Å²) in [5, 5.41) is 3.36. The maximum Gasteiger partial charge on any atom is 0.326 e. The molecule has 0 aromatic carbocycles. The molecular formula is C14H26N2O3. The lowest BCUT2D eigenvalue weighted by atomic mass is 9.97. The molecule has 0 bridgehead atoms. The van der Waals surface area contributed by atoms with Crippen LogP contribution in [0.3, 0.4) is 0 Å². The van der Waals surface area contributed by atoms with Gasteiger partial charge in [-0.25, -0.2) is 0 Å². The first-order chi connectivity index (χ1) is 9.13. The first-order valence-corrected chi connectivity index (χ1v) is 7.30. The topological polar surface area (TPSA) is 50.8 Å². The molecule has 19 heavy (non-hydrogen) atoms. The van der Waals surface area contributed by atoms with E-state index in [0.29, 0.717) is 12.1 Å². The number of esters is 1. The molecule has 1 heterocycles. The maximum atomic E-state index is 12.1. The fourth-order valence-corrected chi connectivity index (χ4v) is 3.54. The Hall–Kier alpha value is -0.650. The SMILES string of the molecule is CCNC1(C(=O)OC)CCC(N2CCOCC2C)C1. The maximum absolute atomic E-state index is 12.1. The third-order valence-corrected chi connectivity index (χ3v) is 4.47. The summed E-state index contributed by atoms with van der Waals surface area (Å²) in [6.07, 6.45) is 2.76. The highest BCUT2D eigenvalue weighted by atomic mass is 16.5. The highest BCUT2D eigenvalue weighted by Crippen LogP contribution is 2.35. The Morgan fingerprint density at radius 2 is 2.37 bits per heavy atom. The fourth-order valence-electron chi connectivity index (χ4n) is 3.54. The standard InChI is InChI=1S/C14H26N2O3/c1-4-15-14(13(17)18-3)6-5-12(9-14)16-7-8-19-10-11(16)2/h11-12,15H,4-10H2,1-3H3. The lowest BCUT2D eigenvalue weighted by Crippen LogP contribution is -2.54. The van der Waals surface area contributed by atoms with Crippen molar-refractivity contribution in [2.45, 2.75) is 50.7 Å². The zero-order chi connectivity index (χ0) is 13.9. The molecule has 0 aromatic rings. The van der Waals surface area contributed by atoms with Crippen LogP contribution in [0.5, 0.6) is 0 Å². The summed E-state index contributed by atoms with van der Waals surface area (Å²) in [7, 11) is 1.48. The minimum Gasteiger partial charge on any atom is -0.468 e. The lowest BCUT2D eigenvalue weighted by molar-refractivity contribution is -0.148. The van der Waals surface area contributed by atoms with Crippen LogP contribution in [0.25, 0.3) is 0 Å². The van der Waals surface area contributed by atoms with Gasteiger partial charge in [-0.2, -0.15) is 0 Å². The average Bonchev–Trinajstić information content (AvgIpc) is 2.84. The van der Waals surface area contributed by atoms with Crippen molar-refractivity contribution in [1.29, 1.82) is 0 Å². The van der Waals surface area contributed by atoms with Crippen molar-refractivity contribution < 1.29 is 14.3 Å². The molecule has 1 aliphatic heterocycles. The van der Waals surface area contributed by atoms with Gasteiger partial charge in [-0.1, -0.05) is 6.92 Å². The Balaban J connectivity index is 2.05. The molecule has 1 saturated carbocycles. The number of likely N-dealkylation sites (N-methyl/N-ethyl adjacent to an activating group) is 1. The Bertz CT molecular complexity index is 324. The Morgan fingerprint density at radius 3 is 3.00 bits per heavy atom. The monoisotopic (exact) mass is 270 g/mol. The number of methoxy groups -OCH3 is 1. The van der Waals surface area contributed by atoms with Crippen LogP contribution in [0.1, 0.15) is 33.1 Å². The molecule has 0 amide bonds. The number of carbonyl (C=O) groups is 1. The van der Waals surface area contributed by atoms with E-state index in [4.69, 9.17) is 9.47 Å². The van der Waals surface area contributed by atoms with Gasteiger partial charge in [0.05, 0.1) is 20.3 Å². The third-order valence-electron chi connectivity index (χ3n) is 4.47. The van der Waals surface area contributed by atoms with Gasteiger partial charge in [-0.05, 0) is 32.7 Å². The lowest BCUT2D eigenvalue weighted by Gasteiger charge is -2.38. The molecule has 1 aliphatic carbocycles. The van der Waals surface area contributed by atoms with Gasteiger partial charge in [0.2, 0.25) is 0 Å². The van der Waals surface area contributed by atoms with Crippen LogP contribution in [0, 0.1) is 0 Å². The number of nitrogens with zero attached hydrogens (tertiary/aromatic N) is 1. The second-order valence-electron chi connectivity index (χ2n) is 5.66. The van der Waals surface area contributed by atoms with E-state index in [-0.39, 0.29) is 5.97 Å². The minimum atomic E-state index is -0.480. The van der Waals surface area contributed by atoms with E-state index in [0.717, 1.165) is 45.6 Å². The van der Waals surface area contributed by atoms with Gasteiger partial charge < -0.3 is 14.8 Å². The molecule has 2 aliphatic rings. The molecule has 0 spiro atoms. The van der Waals surface area contributed by atoms with Crippen LogP contribution in [0.15, 0.2) is 0 Å². The number of carbonyl (C=O) groups excluding carboxylic acids is 1. The van der Waals surface area contributed by atoms with Crippen molar-refractivity contribution in [2.75, 3.05) is 33.4 Å². The molecule has 1 N–H and O–H groups in total. The van der Waals surface area contributed by atoms with Gasteiger partial charge in [0.1, 0.15) is 5.54 Å². The molecule has 3 atom stereocenters. The van der Waals surface area contributed by atoms with E-state index in [1.54, 1.807) is 0 Å². The molecule has 5 heteroatoms. The summed E-state index contributed by atoms with van der Waals surface area (Å²) in [4.78, 5) is 14.6. The second-order valence-corrected chi connectivity index (χ2v) is 5.66. The van der Waals surface area contributed by atoms with Gasteiger partial charge in [0, 0.05) is 18.6 Å². The van der Waals surface area contributed by atoms with Gasteiger partial charge >= 0.3 is 5.97 Å². The summed E-state index contributed by atoms with van der Waals surface area (Å²) in [6, 6.07) is 0.894. The van der Waals surface area contributed by atoms with E-state index < -0.39 is 5.54 Å². The molecule has 5 nitrogen and oxygen atoms in total. The van der Waals surface area contributed by atoms with E-state index in [1.807, 2.05) is 6.92 Å². The smallest absolute Gasteiger partial charge is 0.326 e. The molecule has 110 valence electrons. The fraction of sp³-hybridized carbons (Fsp3) is 0.929. The number of nitrogens with one attached hydrogen (secondary N) is 1. The van der Waals surface area contributed by atoms with Crippen molar-refractivity contribution in [3.63, 3.8) is 0 Å². The van der Waals surface area contributed by atoms with Crippen LogP contribution in [0.4, 0.5) is 0 Å². The zero-order valence-corrected chi connectivity index (χ0v) is 12.3. The van der Waals surface area contributed by atoms with E-state index >= 15 is 0 Å². The van der Waals surface area contributed by atoms with Crippen LogP contribution >= 0.6 is 0 Å². The van der Waals surface area contributed by atoms with E-state index in [2.05, 4.69) is 17.1 Å². The molecule has 0 aromatic heterocycles. The van der Waals surface area contributed by atoms with Crippen LogP contribution in [-0.4, -0.2) is 61.9 Å². The summed E-state index contributed by atoms with van der Waals surface area (Å²) in [6.45, 7) is 7.59. The van der Waals surface area contributed by atoms with Crippen molar-refractivity contribution >= 4 is 5.97 Å². The highest BCUT2D eigenvalue weighted by molar-refractivity contribution is 5.81. The largest absolute Gasteiger partial charge is 0.468 e. The first-order valence-electron chi connectivity index (χ1n) is 7.30. The second kappa shape index (κ2) is 6.20. The van der Waals surface area contributed by atoms with Crippen molar-refractivity contribution in [3.05, 3.63) is 0 Å². The summed E-state index contributed by atoms with van der Waals surface area (Å²) >= 11 is 0. The van der Waals surface area contributed by atoms with Crippen LogP contribution in [0.2, 0.25) is 0 Å². The first kappa shape index (κ1) is 14.8. The molecular weight excluding hydrogens is 244 g/mol. The van der Waals surface area contributed by atoms with Crippen LogP contribution in [-0.2, 0) is 14.3 Å². The predicted molar refractivity (Wildman–Crippen MR) is 73.0 cm³/mol. The molecule has 2 fully saturated rings. The van der Waals surface area contributed by atoms with Gasteiger partial charge in [0.15, 0.2) is 0 Å². The molecule has 2 rings (SSSR count). The predicted octanol–water partition coefficient (Wildman–Crippen LogP) is 0.781. The minimum absolute atomic E-state index is 0.113. The summed E-state index contributed by atoms with van der Waals surface area (Å²) in [5.74, 6) is -0.113. The van der Waals surface area contributed by atoms with E-state index in [9.17, 15) is 4.79 Å². The molecule has 0 radical (unpaired) electrons. The number of hydrogen-bond donors (Lipinski definition) is 1.